The van der Waals surface area contributed by atoms with Crippen molar-refractivity contribution in [3.8, 4) is 11.4 Å². The first-order valence-corrected chi connectivity index (χ1v) is 8.58. The van der Waals surface area contributed by atoms with Crippen molar-refractivity contribution in [3.05, 3.63) is 93.5 Å². The van der Waals surface area contributed by atoms with Crippen LogP contribution < -0.4 is 15.9 Å². The Kier molecular flexibility index (Phi) is 4.37. The molecule has 1 aromatic heterocycles. The Bertz CT molecular complexity index is 1250. The average Bonchev–Trinajstić information content (AvgIpc) is 2.81. The zero-order chi connectivity index (χ0) is 19.7. The summed E-state index contributed by atoms with van der Waals surface area (Å²) >= 11 is 0. The lowest BCUT2D eigenvalue weighted by Crippen LogP contribution is -2.28. The highest BCUT2D eigenvalue weighted by Crippen LogP contribution is 2.20. The maximum Gasteiger partial charge on any atom is 0.341 e. The van der Waals surface area contributed by atoms with Crippen LogP contribution in [0.1, 0.15) is 0 Å². The van der Waals surface area contributed by atoms with E-state index in [-0.39, 0.29) is 0 Å². The van der Waals surface area contributed by atoms with Crippen LogP contribution in [0.5, 0.6) is 5.75 Å². The molecule has 0 unspecified atom stereocenters. The number of carbonyl (C=O) groups is 1. The minimum absolute atomic E-state index is 0.335. The number of fused-ring (bicyclic) bond motifs is 3. The van der Waals surface area contributed by atoms with Crippen molar-refractivity contribution in [2.75, 3.05) is 6.61 Å². The van der Waals surface area contributed by atoms with E-state index in [0.717, 1.165) is 4.57 Å². The fourth-order valence-electron chi connectivity index (χ4n) is 3.21. The van der Waals surface area contributed by atoms with Gasteiger partial charge in [-0.2, -0.15) is 0 Å². The SMILES string of the molecule is O=C(O)COc1ccc(-n2c(=O)c3ccccc3c3ccccc3c2=O)cc1. The van der Waals surface area contributed by atoms with Gasteiger partial charge < -0.3 is 9.84 Å². The second-order valence-electron chi connectivity index (χ2n) is 6.21. The number of hydrogen-bond acceptors (Lipinski definition) is 4. The molecule has 1 heterocycles. The molecule has 0 amide bonds. The van der Waals surface area contributed by atoms with Crippen LogP contribution in [-0.2, 0) is 4.79 Å². The van der Waals surface area contributed by atoms with E-state index in [0.29, 0.717) is 33.0 Å². The van der Waals surface area contributed by atoms with Gasteiger partial charge in [0.25, 0.3) is 11.1 Å². The zero-order valence-electron chi connectivity index (χ0n) is 14.7. The molecular formula is C22H15NO5. The molecular weight excluding hydrogens is 358 g/mol. The second-order valence-corrected chi connectivity index (χ2v) is 6.21. The van der Waals surface area contributed by atoms with Crippen molar-refractivity contribution in [1.82, 2.24) is 4.57 Å². The van der Waals surface area contributed by atoms with Crippen LogP contribution in [0.25, 0.3) is 27.2 Å². The van der Waals surface area contributed by atoms with E-state index in [1.807, 2.05) is 24.3 Å². The van der Waals surface area contributed by atoms with E-state index in [1.54, 1.807) is 36.4 Å². The fourth-order valence-corrected chi connectivity index (χ4v) is 3.21. The van der Waals surface area contributed by atoms with Crippen molar-refractivity contribution >= 4 is 27.5 Å². The van der Waals surface area contributed by atoms with Gasteiger partial charge in [0.15, 0.2) is 6.61 Å². The number of nitrogens with zero attached hydrogens (tertiary/aromatic N) is 1. The summed E-state index contributed by atoms with van der Waals surface area (Å²) < 4.78 is 6.24. The summed E-state index contributed by atoms with van der Waals surface area (Å²) in [5.41, 5.74) is -0.462. The molecule has 0 saturated carbocycles. The zero-order valence-corrected chi connectivity index (χ0v) is 14.7. The highest BCUT2D eigenvalue weighted by molar-refractivity contribution is 6.05. The highest BCUT2D eigenvalue weighted by atomic mass is 16.5. The first-order chi connectivity index (χ1) is 13.6. The molecule has 1 N–H and O–H groups in total. The Morgan fingerprint density at radius 1 is 0.750 bits per heavy atom. The predicted octanol–water partition coefficient (Wildman–Crippen LogP) is 2.97. The van der Waals surface area contributed by atoms with E-state index in [1.165, 1.54) is 12.1 Å². The minimum atomic E-state index is -1.09. The first-order valence-electron chi connectivity index (χ1n) is 8.58. The van der Waals surface area contributed by atoms with Crippen LogP contribution in [0.15, 0.2) is 82.4 Å². The van der Waals surface area contributed by atoms with Crippen LogP contribution in [0, 0.1) is 0 Å². The standard InChI is InChI=1S/C22H15NO5/c24-20(25)13-28-15-11-9-14(10-12-15)23-21(26)18-7-3-1-5-16(18)17-6-2-4-8-19(17)22(23)27/h1-12H,13H2,(H,24,25). The lowest BCUT2D eigenvalue weighted by atomic mass is 10.1. The van der Waals surface area contributed by atoms with Crippen molar-refractivity contribution in [2.45, 2.75) is 0 Å². The van der Waals surface area contributed by atoms with Crippen LogP contribution >= 0.6 is 0 Å². The monoisotopic (exact) mass is 373 g/mol. The number of ether oxygens (including phenoxy) is 1. The van der Waals surface area contributed by atoms with Gasteiger partial charge >= 0.3 is 5.97 Å². The van der Waals surface area contributed by atoms with E-state index in [9.17, 15) is 14.4 Å². The number of benzene rings is 3. The normalized spacial score (nSPS) is 10.9. The first kappa shape index (κ1) is 17.5. The number of hydrogen-bond donors (Lipinski definition) is 1. The van der Waals surface area contributed by atoms with Gasteiger partial charge in [0.2, 0.25) is 0 Å². The quantitative estimate of drug-likeness (QED) is 0.594. The Morgan fingerprint density at radius 3 is 1.68 bits per heavy atom. The van der Waals surface area contributed by atoms with Gasteiger partial charge in [0.05, 0.1) is 5.69 Å². The van der Waals surface area contributed by atoms with Gasteiger partial charge in [0, 0.05) is 10.8 Å². The molecule has 28 heavy (non-hydrogen) atoms. The topological polar surface area (TPSA) is 85.6 Å². The molecule has 138 valence electrons. The smallest absolute Gasteiger partial charge is 0.341 e. The molecule has 0 aliphatic heterocycles. The van der Waals surface area contributed by atoms with Crippen molar-refractivity contribution < 1.29 is 14.6 Å². The van der Waals surface area contributed by atoms with Gasteiger partial charge in [-0.25, -0.2) is 9.36 Å². The molecule has 4 rings (SSSR count). The van der Waals surface area contributed by atoms with Crippen LogP contribution in [0.2, 0.25) is 0 Å². The van der Waals surface area contributed by atoms with E-state index >= 15 is 0 Å². The molecule has 0 bridgehead atoms. The molecule has 0 aliphatic rings. The van der Waals surface area contributed by atoms with E-state index in [2.05, 4.69) is 0 Å². The molecule has 0 saturated heterocycles. The molecule has 0 aliphatic carbocycles. The van der Waals surface area contributed by atoms with E-state index < -0.39 is 23.7 Å². The summed E-state index contributed by atoms with van der Waals surface area (Å²) in [7, 11) is 0. The van der Waals surface area contributed by atoms with Gasteiger partial charge in [0.1, 0.15) is 5.75 Å². The lowest BCUT2D eigenvalue weighted by Gasteiger charge is -2.06. The summed E-state index contributed by atoms with van der Waals surface area (Å²) in [6.07, 6.45) is 0. The van der Waals surface area contributed by atoms with Gasteiger partial charge in [-0.3, -0.25) is 9.59 Å². The Labute approximate surface area is 158 Å². The molecule has 3 aromatic carbocycles. The average molecular weight is 373 g/mol. The minimum Gasteiger partial charge on any atom is -0.482 e. The maximum absolute atomic E-state index is 13.2. The number of aromatic nitrogens is 1. The third-order valence-corrected chi connectivity index (χ3v) is 4.47. The third-order valence-electron chi connectivity index (χ3n) is 4.47. The number of carboxylic acids is 1. The number of carboxylic acid groups (broad SMARTS) is 1. The molecule has 0 atom stereocenters. The van der Waals surface area contributed by atoms with Crippen LogP contribution in [-0.4, -0.2) is 22.2 Å². The lowest BCUT2D eigenvalue weighted by molar-refractivity contribution is -0.139. The molecule has 4 aromatic rings. The highest BCUT2D eigenvalue weighted by Gasteiger charge is 2.12. The van der Waals surface area contributed by atoms with Crippen molar-refractivity contribution in [2.24, 2.45) is 0 Å². The number of aliphatic carboxylic acids is 1. The number of rotatable bonds is 4. The Balaban J connectivity index is 2.00. The third kappa shape index (κ3) is 3.01. The molecule has 6 heteroatoms. The summed E-state index contributed by atoms with van der Waals surface area (Å²) in [4.78, 5) is 37.0. The maximum atomic E-state index is 13.2. The molecule has 0 fully saturated rings. The van der Waals surface area contributed by atoms with Gasteiger partial charge in [-0.15, -0.1) is 0 Å². The summed E-state index contributed by atoms with van der Waals surface area (Å²) in [6.45, 7) is -0.471. The summed E-state index contributed by atoms with van der Waals surface area (Å²) in [5.74, 6) is -0.753. The molecule has 6 nitrogen and oxygen atoms in total. The molecule has 0 radical (unpaired) electrons. The second kappa shape index (κ2) is 7.00. The van der Waals surface area contributed by atoms with Crippen molar-refractivity contribution in [1.29, 1.82) is 0 Å². The van der Waals surface area contributed by atoms with Crippen LogP contribution in [0.3, 0.4) is 0 Å². The summed E-state index contributed by atoms with van der Waals surface area (Å²) in [6, 6.07) is 20.4. The van der Waals surface area contributed by atoms with Crippen molar-refractivity contribution in [3.63, 3.8) is 0 Å². The Hall–Kier alpha value is -3.93. The fraction of sp³-hybridized carbons (Fsp3) is 0.0455. The van der Waals surface area contributed by atoms with Crippen LogP contribution in [0.4, 0.5) is 0 Å². The Morgan fingerprint density at radius 2 is 1.21 bits per heavy atom. The largest absolute Gasteiger partial charge is 0.482 e. The van der Waals surface area contributed by atoms with Gasteiger partial charge in [-0.1, -0.05) is 36.4 Å². The predicted molar refractivity (Wildman–Crippen MR) is 106 cm³/mol. The van der Waals surface area contributed by atoms with Gasteiger partial charge in [-0.05, 0) is 47.2 Å². The summed E-state index contributed by atoms with van der Waals surface area (Å²) in [5, 5.41) is 11.0. The molecule has 0 spiro atoms. The van der Waals surface area contributed by atoms with E-state index in [4.69, 9.17) is 9.84 Å².